The Labute approximate surface area is 135 Å². The highest BCUT2D eigenvalue weighted by atomic mass is 32.2. The largest absolute Gasteiger partial charge is 0.342 e. The van der Waals surface area contributed by atoms with Crippen molar-refractivity contribution in [2.75, 3.05) is 18.8 Å². The van der Waals surface area contributed by atoms with Crippen LogP contribution in [-0.2, 0) is 4.79 Å². The summed E-state index contributed by atoms with van der Waals surface area (Å²) in [5.41, 5.74) is 0.780. The van der Waals surface area contributed by atoms with Gasteiger partial charge in [0, 0.05) is 35.6 Å². The molecule has 2 nitrogen and oxygen atoms in total. The van der Waals surface area contributed by atoms with E-state index in [9.17, 15) is 9.18 Å². The number of halogens is 1. The normalized spacial score (nSPS) is 25.8. The number of nitrogens with zero attached hydrogens (tertiary/aromatic N) is 1. The van der Waals surface area contributed by atoms with Crippen molar-refractivity contribution >= 4 is 17.7 Å². The molecule has 2 unspecified atom stereocenters. The average Bonchev–Trinajstić information content (AvgIpc) is 2.81. The van der Waals surface area contributed by atoms with E-state index in [-0.39, 0.29) is 17.0 Å². The standard InChI is InChI=1S/C18H22FNOS/c19-16-9-5-4-8-15(16)17-10-11-20(12-13-22-17)18(21)14-6-2-1-3-7-14/h1-2,4-5,8-9,14,17H,3,6-7,10-13H2. The Morgan fingerprint density at radius 1 is 1.18 bits per heavy atom. The average molecular weight is 319 g/mol. The number of carbonyl (C=O) groups excluding carboxylic acids is 1. The molecule has 0 aromatic heterocycles. The molecule has 0 N–H and O–H groups in total. The fourth-order valence-corrected chi connectivity index (χ4v) is 4.50. The van der Waals surface area contributed by atoms with Crippen LogP contribution in [0.25, 0.3) is 0 Å². The van der Waals surface area contributed by atoms with Crippen LogP contribution >= 0.6 is 11.8 Å². The first-order valence-corrected chi connectivity index (χ1v) is 9.10. The molecule has 22 heavy (non-hydrogen) atoms. The molecular formula is C18H22FNOS. The molecule has 1 fully saturated rings. The van der Waals surface area contributed by atoms with Gasteiger partial charge in [0.2, 0.25) is 5.91 Å². The summed E-state index contributed by atoms with van der Waals surface area (Å²) in [6.07, 6.45) is 7.97. The SMILES string of the molecule is O=C(C1CC=CCC1)N1CCSC(c2ccccc2F)CC1. The van der Waals surface area contributed by atoms with Crippen LogP contribution < -0.4 is 0 Å². The van der Waals surface area contributed by atoms with Gasteiger partial charge in [-0.05, 0) is 31.7 Å². The molecule has 4 heteroatoms. The number of hydrogen-bond donors (Lipinski definition) is 0. The third-order valence-corrected chi connectivity index (χ3v) is 5.83. The minimum absolute atomic E-state index is 0.128. The van der Waals surface area contributed by atoms with Crippen molar-refractivity contribution in [2.45, 2.75) is 30.9 Å². The van der Waals surface area contributed by atoms with Gasteiger partial charge < -0.3 is 4.90 Å². The Balaban J connectivity index is 1.63. The molecule has 2 aliphatic rings. The van der Waals surface area contributed by atoms with Crippen LogP contribution in [0.1, 0.15) is 36.5 Å². The number of allylic oxidation sites excluding steroid dienone is 2. The van der Waals surface area contributed by atoms with Gasteiger partial charge in [-0.2, -0.15) is 11.8 Å². The van der Waals surface area contributed by atoms with E-state index in [1.54, 1.807) is 17.8 Å². The molecule has 1 aliphatic carbocycles. The minimum Gasteiger partial charge on any atom is -0.342 e. The lowest BCUT2D eigenvalue weighted by Gasteiger charge is -2.26. The van der Waals surface area contributed by atoms with E-state index in [2.05, 4.69) is 12.2 Å². The van der Waals surface area contributed by atoms with Crippen molar-refractivity contribution in [1.29, 1.82) is 0 Å². The monoisotopic (exact) mass is 319 g/mol. The third kappa shape index (κ3) is 3.54. The third-order valence-electron chi connectivity index (χ3n) is 4.52. The first kappa shape index (κ1) is 15.6. The lowest BCUT2D eigenvalue weighted by atomic mass is 9.93. The summed E-state index contributed by atoms with van der Waals surface area (Å²) in [5, 5.41) is 0.158. The summed E-state index contributed by atoms with van der Waals surface area (Å²) in [5.74, 6) is 1.20. The van der Waals surface area contributed by atoms with Gasteiger partial charge in [0.25, 0.3) is 0 Å². The Kier molecular flexibility index (Phi) is 5.19. The Morgan fingerprint density at radius 3 is 2.82 bits per heavy atom. The zero-order valence-electron chi connectivity index (χ0n) is 12.7. The van der Waals surface area contributed by atoms with Crippen LogP contribution in [-0.4, -0.2) is 29.6 Å². The number of benzene rings is 1. The molecule has 1 heterocycles. The molecule has 118 valence electrons. The fraction of sp³-hybridized carbons (Fsp3) is 0.500. The molecule has 1 aromatic carbocycles. The van der Waals surface area contributed by atoms with Crippen LogP contribution in [0.2, 0.25) is 0 Å². The molecule has 1 aliphatic heterocycles. The molecular weight excluding hydrogens is 297 g/mol. The van der Waals surface area contributed by atoms with Crippen molar-refractivity contribution in [1.82, 2.24) is 4.90 Å². The van der Waals surface area contributed by atoms with E-state index in [1.165, 1.54) is 6.07 Å². The molecule has 0 spiro atoms. The first-order valence-electron chi connectivity index (χ1n) is 8.05. The van der Waals surface area contributed by atoms with Crippen molar-refractivity contribution in [2.24, 2.45) is 5.92 Å². The van der Waals surface area contributed by atoms with Gasteiger partial charge in [0.05, 0.1) is 0 Å². The van der Waals surface area contributed by atoms with Gasteiger partial charge in [-0.15, -0.1) is 0 Å². The van der Waals surface area contributed by atoms with Crippen molar-refractivity contribution in [3.63, 3.8) is 0 Å². The van der Waals surface area contributed by atoms with Crippen molar-refractivity contribution < 1.29 is 9.18 Å². The highest BCUT2D eigenvalue weighted by Gasteiger charge is 2.28. The van der Waals surface area contributed by atoms with E-state index in [0.717, 1.165) is 50.1 Å². The van der Waals surface area contributed by atoms with E-state index < -0.39 is 0 Å². The number of rotatable bonds is 2. The smallest absolute Gasteiger partial charge is 0.226 e. The molecule has 1 amide bonds. The molecule has 0 bridgehead atoms. The Bertz CT molecular complexity index is 560. The predicted molar refractivity (Wildman–Crippen MR) is 89.3 cm³/mol. The first-order chi connectivity index (χ1) is 10.8. The highest BCUT2D eigenvalue weighted by molar-refractivity contribution is 7.99. The van der Waals surface area contributed by atoms with E-state index in [4.69, 9.17) is 0 Å². The van der Waals surface area contributed by atoms with Crippen LogP contribution in [0.5, 0.6) is 0 Å². The highest BCUT2D eigenvalue weighted by Crippen LogP contribution is 2.36. The molecule has 1 aromatic rings. The summed E-state index contributed by atoms with van der Waals surface area (Å²) in [6, 6.07) is 7.02. The molecule has 3 rings (SSSR count). The maximum Gasteiger partial charge on any atom is 0.226 e. The Morgan fingerprint density at radius 2 is 2.05 bits per heavy atom. The number of amides is 1. The lowest BCUT2D eigenvalue weighted by molar-refractivity contribution is -0.135. The van der Waals surface area contributed by atoms with Gasteiger partial charge in [0.1, 0.15) is 5.82 Å². The lowest BCUT2D eigenvalue weighted by Crippen LogP contribution is -2.38. The van der Waals surface area contributed by atoms with Gasteiger partial charge in [-0.1, -0.05) is 30.4 Å². The number of hydrogen-bond acceptors (Lipinski definition) is 2. The van der Waals surface area contributed by atoms with Crippen molar-refractivity contribution in [3.05, 3.63) is 47.8 Å². The summed E-state index contributed by atoms with van der Waals surface area (Å²) in [7, 11) is 0. The second kappa shape index (κ2) is 7.32. The van der Waals surface area contributed by atoms with Crippen molar-refractivity contribution in [3.8, 4) is 0 Å². The van der Waals surface area contributed by atoms with Crippen LogP contribution in [0, 0.1) is 11.7 Å². The summed E-state index contributed by atoms with van der Waals surface area (Å²) in [4.78, 5) is 14.6. The summed E-state index contributed by atoms with van der Waals surface area (Å²) >= 11 is 1.77. The Hall–Kier alpha value is -1.29. The van der Waals surface area contributed by atoms with Crippen LogP contribution in [0.4, 0.5) is 4.39 Å². The zero-order valence-corrected chi connectivity index (χ0v) is 13.5. The topological polar surface area (TPSA) is 20.3 Å². The zero-order chi connectivity index (χ0) is 15.4. The fourth-order valence-electron chi connectivity index (χ4n) is 3.25. The summed E-state index contributed by atoms with van der Waals surface area (Å²) in [6.45, 7) is 1.53. The van der Waals surface area contributed by atoms with Gasteiger partial charge in [0.15, 0.2) is 0 Å². The second-order valence-electron chi connectivity index (χ2n) is 5.98. The van der Waals surface area contributed by atoms with E-state index >= 15 is 0 Å². The molecule has 0 radical (unpaired) electrons. The maximum absolute atomic E-state index is 14.0. The molecule has 2 atom stereocenters. The second-order valence-corrected chi connectivity index (χ2v) is 7.29. The maximum atomic E-state index is 14.0. The van der Waals surface area contributed by atoms with Crippen LogP contribution in [0.15, 0.2) is 36.4 Å². The quantitative estimate of drug-likeness (QED) is 0.762. The van der Waals surface area contributed by atoms with E-state index in [0.29, 0.717) is 5.91 Å². The van der Waals surface area contributed by atoms with Crippen LogP contribution in [0.3, 0.4) is 0 Å². The number of thioether (sulfide) groups is 1. The van der Waals surface area contributed by atoms with E-state index in [1.807, 2.05) is 17.0 Å². The van der Waals surface area contributed by atoms with Gasteiger partial charge in [-0.25, -0.2) is 4.39 Å². The van der Waals surface area contributed by atoms with Gasteiger partial charge in [-0.3, -0.25) is 4.79 Å². The summed E-state index contributed by atoms with van der Waals surface area (Å²) < 4.78 is 14.0. The number of carbonyl (C=O) groups is 1. The minimum atomic E-state index is -0.128. The molecule has 1 saturated heterocycles. The van der Waals surface area contributed by atoms with Gasteiger partial charge >= 0.3 is 0 Å². The predicted octanol–water partition coefficient (Wildman–Crippen LogP) is 4.19. The molecule has 0 saturated carbocycles.